The van der Waals surface area contributed by atoms with Gasteiger partial charge in [0, 0.05) is 12.8 Å². The third-order valence-corrected chi connectivity index (χ3v) is 17.8. The van der Waals surface area contributed by atoms with Crippen molar-refractivity contribution in [1.82, 2.24) is 10.6 Å². The van der Waals surface area contributed by atoms with Crippen molar-refractivity contribution < 1.29 is 101 Å². The summed E-state index contributed by atoms with van der Waals surface area (Å²) >= 11 is 0. The molecular weight excluding hydrogens is 1190 g/mol. The third kappa shape index (κ3) is 40.0. The van der Waals surface area contributed by atoms with Gasteiger partial charge in [0.05, 0.1) is 26.1 Å². The molecule has 2 heterocycles. The second-order valence-corrected chi connectivity index (χ2v) is 27.3. The smallest absolute Gasteiger partial charge is 0.462 e. The van der Waals surface area contributed by atoms with Crippen LogP contribution in [0.5, 0.6) is 0 Å². The molecule has 0 radical (unpaired) electrons. The molecule has 524 valence electrons. The fraction of sp³-hybridized carbons (Fsp3) is 0.938. The van der Waals surface area contributed by atoms with E-state index in [1.165, 1.54) is 77.0 Å². The van der Waals surface area contributed by atoms with E-state index in [1.54, 1.807) is 0 Å². The minimum Gasteiger partial charge on any atom is -0.462 e. The van der Waals surface area contributed by atoms with Crippen molar-refractivity contribution >= 4 is 39.4 Å². The van der Waals surface area contributed by atoms with Gasteiger partial charge < -0.3 is 74.3 Å². The summed E-state index contributed by atoms with van der Waals surface area (Å²) in [6.07, 6.45) is 20.3. The molecule has 2 aliphatic heterocycles. The van der Waals surface area contributed by atoms with Gasteiger partial charge in [-0.3, -0.25) is 28.2 Å². The van der Waals surface area contributed by atoms with E-state index in [0.717, 1.165) is 128 Å². The number of phosphoric acid groups is 2. The lowest BCUT2D eigenvalue weighted by molar-refractivity contribution is -0.294. The molecule has 0 unspecified atom stereocenters. The average molecular weight is 1320 g/mol. The summed E-state index contributed by atoms with van der Waals surface area (Å²) in [6, 6.07) is -3.57. The molecule has 0 aromatic carbocycles. The number of hydrogen-bond acceptors (Lipinski definition) is 17. The van der Waals surface area contributed by atoms with E-state index in [9.17, 15) is 68.3 Å². The highest BCUT2D eigenvalue weighted by molar-refractivity contribution is 7.46. The van der Waals surface area contributed by atoms with Gasteiger partial charge in [0.25, 0.3) is 0 Å². The Morgan fingerprint density at radius 3 is 1.10 bits per heavy atom. The van der Waals surface area contributed by atoms with E-state index in [4.69, 9.17) is 32.7 Å². The lowest BCUT2D eigenvalue weighted by Crippen LogP contribution is -2.67. The molecule has 25 heteroatoms. The molecule has 2 aliphatic rings. The van der Waals surface area contributed by atoms with Crippen LogP contribution >= 0.6 is 15.6 Å². The zero-order chi connectivity index (χ0) is 65.7. The molecule has 0 aromatic rings. The van der Waals surface area contributed by atoms with E-state index >= 15 is 0 Å². The van der Waals surface area contributed by atoms with E-state index in [2.05, 4.69) is 38.3 Å². The monoisotopic (exact) mass is 1320 g/mol. The summed E-state index contributed by atoms with van der Waals surface area (Å²) in [7, 11) is -10.9. The van der Waals surface area contributed by atoms with Crippen molar-refractivity contribution in [2.75, 3.05) is 13.2 Å². The minimum absolute atomic E-state index is 0.147. The first kappa shape index (κ1) is 82.9. The lowest BCUT2D eigenvalue weighted by Gasteiger charge is -2.45. The number of unbranched alkanes of at least 4 members (excludes halogenated alkanes) is 32. The first-order valence-electron chi connectivity index (χ1n) is 34.7. The first-order chi connectivity index (χ1) is 42.7. The van der Waals surface area contributed by atoms with E-state index in [1.807, 2.05) is 0 Å². The molecule has 12 atom stereocenters. The third-order valence-electron chi connectivity index (χ3n) is 16.8. The van der Waals surface area contributed by atoms with Gasteiger partial charge in [-0.15, -0.1) is 0 Å². The number of esters is 2. The molecule has 0 aromatic heterocycles. The number of ether oxygens (including phenoxy) is 5. The summed E-state index contributed by atoms with van der Waals surface area (Å²) in [4.78, 5) is 93.9. The van der Waals surface area contributed by atoms with Gasteiger partial charge in [0.15, 0.2) is 12.6 Å². The summed E-state index contributed by atoms with van der Waals surface area (Å²) < 4.78 is 63.7. The van der Waals surface area contributed by atoms with E-state index < -0.39 is 139 Å². The number of carbonyl (C=O) groups is 4. The highest BCUT2D eigenvalue weighted by atomic mass is 31.2. The minimum atomic E-state index is -5.48. The van der Waals surface area contributed by atoms with Crippen LogP contribution in [0.15, 0.2) is 0 Å². The number of aliphatic hydroxyl groups is 4. The molecule has 2 rings (SSSR count). The predicted molar refractivity (Wildman–Crippen MR) is 339 cm³/mol. The van der Waals surface area contributed by atoms with Crippen molar-refractivity contribution in [1.29, 1.82) is 0 Å². The van der Waals surface area contributed by atoms with Gasteiger partial charge in [-0.1, -0.05) is 233 Å². The number of phosphoric ester groups is 2. The first-order valence-corrected chi connectivity index (χ1v) is 37.8. The molecule has 0 saturated carbocycles. The molecule has 0 aliphatic carbocycles. The van der Waals surface area contributed by atoms with E-state index in [0.29, 0.717) is 38.5 Å². The molecule has 2 amide bonds. The Balaban J connectivity index is 2.29. The number of amides is 2. The quantitative estimate of drug-likeness (QED) is 0.0154. The van der Waals surface area contributed by atoms with Gasteiger partial charge in [-0.25, -0.2) is 9.13 Å². The van der Waals surface area contributed by atoms with Gasteiger partial charge in [-0.05, 0) is 38.5 Å². The predicted octanol–water partition coefficient (Wildman–Crippen LogP) is 11.4. The maximum Gasteiger partial charge on any atom is 0.472 e. The van der Waals surface area contributed by atoms with Gasteiger partial charge >= 0.3 is 27.6 Å². The zero-order valence-electron chi connectivity index (χ0n) is 54.8. The van der Waals surface area contributed by atoms with Crippen molar-refractivity contribution in [3.63, 3.8) is 0 Å². The fourth-order valence-electron chi connectivity index (χ4n) is 11.6. The van der Waals surface area contributed by atoms with Gasteiger partial charge in [-0.2, -0.15) is 0 Å². The number of nitrogens with one attached hydrogen (secondary N) is 2. The molecule has 0 bridgehead atoms. The van der Waals surface area contributed by atoms with E-state index in [-0.39, 0.29) is 12.8 Å². The Hall–Kier alpha value is -2.18. The average Bonchev–Trinajstić information content (AvgIpc) is 3.57. The summed E-state index contributed by atoms with van der Waals surface area (Å²) in [6.45, 7) is 6.81. The molecule has 2 saturated heterocycles. The maximum absolute atomic E-state index is 14.1. The van der Waals surface area contributed by atoms with Crippen LogP contribution in [0.25, 0.3) is 0 Å². The normalized spacial score (nSPS) is 23.0. The Morgan fingerprint density at radius 2 is 0.753 bits per heavy atom. The molecule has 0 spiro atoms. The Morgan fingerprint density at radius 1 is 0.427 bits per heavy atom. The molecule has 2 fully saturated rings. The topological polar surface area (TPSA) is 353 Å². The van der Waals surface area contributed by atoms with Crippen molar-refractivity contribution in [2.45, 2.75) is 371 Å². The molecule has 10 N–H and O–H groups in total. The van der Waals surface area contributed by atoms with Crippen molar-refractivity contribution in [2.24, 2.45) is 0 Å². The fourth-order valence-corrected chi connectivity index (χ4v) is 12.6. The molecule has 89 heavy (non-hydrogen) atoms. The maximum atomic E-state index is 14.1. The number of rotatable bonds is 56. The standard InChI is InChI=1S/C64H122N2O21P2/c1-5-9-13-17-21-25-29-33-37-41-49(82-55(70)43-39-35-31-27-23-19-15-11-7-3)45-53(68)65-57-60(73)59(72)52(85-64(57)87-89(78,79)80)48-81-63-58(61(74)62(51(47-67)84-63)86-88(75,76)77)66-54(69)46-50(42-38-34-30-26-22-18-14-10-6-2)83-56(71)44-40-36-32-28-24-20-16-12-8-4/h49-52,57-64,67,72-74H,5-48H2,1-4H3,(H,65,68)(H,66,69)(H2,75,76,77)(H2,78,79,80)/t49-,50-,51-,52-,57+,58+,59-,60-,61-,62-,63-,64+/m1/s1. The highest BCUT2D eigenvalue weighted by Gasteiger charge is 2.52. The van der Waals surface area contributed by atoms with Crippen LogP contribution in [0.3, 0.4) is 0 Å². The van der Waals surface area contributed by atoms with Crippen LogP contribution in [0, 0.1) is 0 Å². The Kier molecular flexibility index (Phi) is 46.8. The van der Waals surface area contributed by atoms with Crippen LogP contribution in [-0.4, -0.2) is 150 Å². The summed E-state index contributed by atoms with van der Waals surface area (Å²) in [5.74, 6) is -2.56. The van der Waals surface area contributed by atoms with Crippen molar-refractivity contribution in [3.05, 3.63) is 0 Å². The van der Waals surface area contributed by atoms with Gasteiger partial charge in [0.1, 0.15) is 60.9 Å². The number of carbonyl (C=O) groups excluding carboxylic acids is 4. The Labute approximate surface area is 533 Å². The molecule has 23 nitrogen and oxygen atoms in total. The van der Waals surface area contributed by atoms with Gasteiger partial charge in [0.2, 0.25) is 11.8 Å². The second kappa shape index (κ2) is 50.3. The summed E-state index contributed by atoms with van der Waals surface area (Å²) in [5, 5.41) is 50.1. The number of aliphatic hydroxyl groups excluding tert-OH is 4. The SMILES string of the molecule is CCCCCCCCCCCC(=O)O[C@H](CCCCCCCCCCC)CC(=O)N[C@@H]1[C@H](OC[C@H]2O[C@@H](OP(=O)(O)O)[C@@H](NC(=O)C[C@@H](CCCCCCCCCCC)OC(=O)CCCCCCCCCCC)[C@@H](O)[C@@H]2O)O[C@H](CO)[C@@H](OP(=O)(O)O)[C@@H]1O. The highest BCUT2D eigenvalue weighted by Crippen LogP contribution is 2.43. The van der Waals surface area contributed by atoms with Crippen molar-refractivity contribution in [3.8, 4) is 0 Å². The van der Waals surface area contributed by atoms with Crippen LogP contribution in [0.1, 0.15) is 297 Å². The second-order valence-electron chi connectivity index (χ2n) is 24.9. The number of hydrogen-bond donors (Lipinski definition) is 10. The summed E-state index contributed by atoms with van der Waals surface area (Å²) in [5.41, 5.74) is 0. The van der Waals surface area contributed by atoms with Crippen LogP contribution in [-0.2, 0) is 61.0 Å². The van der Waals surface area contributed by atoms with Crippen LogP contribution in [0.4, 0.5) is 0 Å². The lowest BCUT2D eigenvalue weighted by atomic mass is 9.95. The largest absolute Gasteiger partial charge is 0.472 e. The van der Waals surface area contributed by atoms with Crippen LogP contribution < -0.4 is 10.6 Å². The zero-order valence-corrected chi connectivity index (χ0v) is 56.6. The molecular formula is C64H122N2O21P2. The van der Waals surface area contributed by atoms with Crippen LogP contribution in [0.2, 0.25) is 0 Å². The Bertz CT molecular complexity index is 1930.